The Hall–Kier alpha value is -2.91. The lowest BCUT2D eigenvalue weighted by molar-refractivity contribution is -0.119. The summed E-state index contributed by atoms with van der Waals surface area (Å²) in [5.41, 5.74) is 3.73. The molecule has 0 saturated carbocycles. The van der Waals surface area contributed by atoms with Crippen LogP contribution in [0.5, 0.6) is 11.5 Å². The van der Waals surface area contributed by atoms with Crippen LogP contribution < -0.4 is 14.9 Å². The van der Waals surface area contributed by atoms with Gasteiger partial charge in [-0.15, -0.1) is 0 Å². The third-order valence-electron chi connectivity index (χ3n) is 3.36. The first-order chi connectivity index (χ1) is 12.3. The number of hydrazone groups is 1. The Bertz CT molecular complexity index is 908. The molecule has 138 valence electrons. The molecule has 0 atom stereocenters. The Morgan fingerprint density at radius 1 is 1.23 bits per heavy atom. The number of rotatable bonds is 7. The van der Waals surface area contributed by atoms with Crippen molar-refractivity contribution in [3.63, 3.8) is 0 Å². The van der Waals surface area contributed by atoms with Gasteiger partial charge in [0.25, 0.3) is 5.91 Å². The Balaban J connectivity index is 1.89. The number of hydrogen-bond donors (Lipinski definition) is 3. The monoisotopic (exact) mass is 377 g/mol. The van der Waals surface area contributed by atoms with Crippen LogP contribution in [0.4, 0.5) is 0 Å². The number of ether oxygens (including phenoxy) is 1. The minimum atomic E-state index is -3.77. The average molecular weight is 377 g/mol. The van der Waals surface area contributed by atoms with Gasteiger partial charge >= 0.3 is 0 Å². The van der Waals surface area contributed by atoms with E-state index in [0.29, 0.717) is 5.56 Å². The molecule has 0 bridgehead atoms. The highest BCUT2D eigenvalue weighted by atomic mass is 32.2. The molecular formula is C17H19N3O5S. The summed E-state index contributed by atoms with van der Waals surface area (Å²) >= 11 is 0. The summed E-state index contributed by atoms with van der Waals surface area (Å²) < 4.78 is 31.3. The number of phenolic OH excluding ortho intramolecular Hbond substituents is 1. The van der Waals surface area contributed by atoms with E-state index in [-0.39, 0.29) is 16.4 Å². The fraction of sp³-hybridized carbons (Fsp3) is 0.176. The number of nitrogens with zero attached hydrogens (tertiary/aromatic N) is 1. The summed E-state index contributed by atoms with van der Waals surface area (Å²) in [6.07, 6.45) is 1.34. The minimum Gasteiger partial charge on any atom is -0.504 e. The molecule has 0 aromatic heterocycles. The van der Waals surface area contributed by atoms with E-state index in [0.717, 1.165) is 5.56 Å². The summed E-state index contributed by atoms with van der Waals surface area (Å²) in [6, 6.07) is 10.8. The van der Waals surface area contributed by atoms with Gasteiger partial charge in [-0.05, 0) is 42.8 Å². The number of carbonyl (C=O) groups is 1. The predicted molar refractivity (Wildman–Crippen MR) is 96.8 cm³/mol. The summed E-state index contributed by atoms with van der Waals surface area (Å²) in [6.45, 7) is 1.39. The Morgan fingerprint density at radius 2 is 1.92 bits per heavy atom. The van der Waals surface area contributed by atoms with E-state index in [1.807, 2.05) is 6.92 Å². The molecule has 26 heavy (non-hydrogen) atoms. The fourth-order valence-corrected chi connectivity index (χ4v) is 2.94. The minimum absolute atomic E-state index is 0.0146. The Kier molecular flexibility index (Phi) is 6.31. The van der Waals surface area contributed by atoms with E-state index in [1.165, 1.54) is 37.6 Å². The van der Waals surface area contributed by atoms with Crippen molar-refractivity contribution >= 4 is 22.1 Å². The summed E-state index contributed by atoms with van der Waals surface area (Å²) in [7, 11) is -2.36. The average Bonchev–Trinajstić information content (AvgIpc) is 2.62. The van der Waals surface area contributed by atoms with Crippen molar-refractivity contribution < 1.29 is 23.1 Å². The van der Waals surface area contributed by atoms with Crippen molar-refractivity contribution in [2.75, 3.05) is 13.7 Å². The van der Waals surface area contributed by atoms with Gasteiger partial charge in [-0.25, -0.2) is 18.6 Å². The van der Waals surface area contributed by atoms with Crippen LogP contribution >= 0.6 is 0 Å². The molecule has 0 saturated heterocycles. The number of aromatic hydroxyl groups is 1. The van der Waals surface area contributed by atoms with Crippen LogP contribution in [0.1, 0.15) is 11.1 Å². The number of phenols is 1. The Morgan fingerprint density at radius 3 is 2.58 bits per heavy atom. The molecule has 0 aliphatic rings. The summed E-state index contributed by atoms with van der Waals surface area (Å²) in [5.74, 6) is -0.368. The lowest BCUT2D eigenvalue weighted by Gasteiger charge is -2.06. The highest BCUT2D eigenvalue weighted by Gasteiger charge is 2.14. The molecule has 2 rings (SSSR count). The zero-order valence-electron chi connectivity index (χ0n) is 14.3. The van der Waals surface area contributed by atoms with Gasteiger partial charge in [0.05, 0.1) is 24.8 Å². The largest absolute Gasteiger partial charge is 0.504 e. The van der Waals surface area contributed by atoms with Crippen LogP contribution in [0.15, 0.2) is 52.5 Å². The molecule has 1 amide bonds. The first-order valence-corrected chi connectivity index (χ1v) is 9.05. The van der Waals surface area contributed by atoms with E-state index in [2.05, 4.69) is 15.2 Å². The standard InChI is InChI=1S/C17H19N3O5S/c1-12-3-6-14(7-4-12)26(23,24)19-11-17(22)20-18-10-13-5-8-15(21)16(9-13)25-2/h3-10,19,21H,11H2,1-2H3,(H,20,22)/b18-10+. The van der Waals surface area contributed by atoms with Crippen LogP contribution in [0.25, 0.3) is 0 Å². The van der Waals surface area contributed by atoms with Crippen molar-refractivity contribution in [3.8, 4) is 11.5 Å². The third kappa shape index (κ3) is 5.30. The maximum absolute atomic E-state index is 12.1. The SMILES string of the molecule is COc1cc(/C=N/NC(=O)CNS(=O)(=O)c2ccc(C)cc2)ccc1O. The van der Waals surface area contributed by atoms with Gasteiger partial charge in [0.1, 0.15) is 0 Å². The van der Waals surface area contributed by atoms with E-state index >= 15 is 0 Å². The zero-order chi connectivity index (χ0) is 19.2. The Labute approximate surface area is 151 Å². The van der Waals surface area contributed by atoms with Crippen LogP contribution in [0.2, 0.25) is 0 Å². The van der Waals surface area contributed by atoms with Crippen LogP contribution in [-0.2, 0) is 14.8 Å². The lowest BCUT2D eigenvalue weighted by atomic mass is 10.2. The molecule has 0 aliphatic heterocycles. The van der Waals surface area contributed by atoms with E-state index in [1.54, 1.807) is 18.2 Å². The molecular weight excluding hydrogens is 358 g/mol. The van der Waals surface area contributed by atoms with Gasteiger partial charge in [0, 0.05) is 0 Å². The number of nitrogens with one attached hydrogen (secondary N) is 2. The van der Waals surface area contributed by atoms with E-state index in [4.69, 9.17) is 4.74 Å². The van der Waals surface area contributed by atoms with E-state index < -0.39 is 22.5 Å². The van der Waals surface area contributed by atoms with Crippen molar-refractivity contribution in [2.45, 2.75) is 11.8 Å². The quantitative estimate of drug-likeness (QED) is 0.494. The van der Waals surface area contributed by atoms with Gasteiger partial charge in [-0.1, -0.05) is 17.7 Å². The number of carbonyl (C=O) groups excluding carboxylic acids is 1. The molecule has 8 nitrogen and oxygen atoms in total. The third-order valence-corrected chi connectivity index (χ3v) is 4.78. The number of methoxy groups -OCH3 is 1. The van der Waals surface area contributed by atoms with Gasteiger partial charge in [-0.3, -0.25) is 4.79 Å². The molecule has 2 aromatic rings. The highest BCUT2D eigenvalue weighted by Crippen LogP contribution is 2.25. The smallest absolute Gasteiger partial charge is 0.255 e. The number of aryl methyl sites for hydroxylation is 1. The second-order valence-corrected chi connectivity index (χ2v) is 7.13. The van der Waals surface area contributed by atoms with Crippen molar-refractivity contribution in [3.05, 3.63) is 53.6 Å². The summed E-state index contributed by atoms with van der Waals surface area (Å²) in [5, 5.41) is 13.2. The number of amides is 1. The van der Waals surface area contributed by atoms with Gasteiger partial charge in [-0.2, -0.15) is 5.10 Å². The predicted octanol–water partition coefficient (Wildman–Crippen LogP) is 1.14. The topological polar surface area (TPSA) is 117 Å². The van der Waals surface area contributed by atoms with Gasteiger partial charge in [0.15, 0.2) is 11.5 Å². The van der Waals surface area contributed by atoms with Gasteiger partial charge in [0.2, 0.25) is 10.0 Å². The number of hydrogen-bond acceptors (Lipinski definition) is 6. The van der Waals surface area contributed by atoms with Crippen molar-refractivity contribution in [2.24, 2.45) is 5.10 Å². The maximum atomic E-state index is 12.1. The highest BCUT2D eigenvalue weighted by molar-refractivity contribution is 7.89. The molecule has 0 unspecified atom stereocenters. The maximum Gasteiger partial charge on any atom is 0.255 e. The molecule has 0 spiro atoms. The second kappa shape index (κ2) is 8.45. The zero-order valence-corrected chi connectivity index (χ0v) is 15.1. The van der Waals surface area contributed by atoms with Crippen molar-refractivity contribution in [1.29, 1.82) is 0 Å². The molecule has 0 aliphatic carbocycles. The molecule has 2 aromatic carbocycles. The normalized spacial score (nSPS) is 11.5. The fourth-order valence-electron chi connectivity index (χ4n) is 1.95. The summed E-state index contributed by atoms with van der Waals surface area (Å²) in [4.78, 5) is 11.8. The number of sulfonamides is 1. The second-order valence-electron chi connectivity index (χ2n) is 5.36. The lowest BCUT2D eigenvalue weighted by Crippen LogP contribution is -2.34. The molecule has 0 fully saturated rings. The van der Waals surface area contributed by atoms with Crippen LogP contribution in [-0.4, -0.2) is 39.3 Å². The van der Waals surface area contributed by atoms with E-state index in [9.17, 15) is 18.3 Å². The van der Waals surface area contributed by atoms with Crippen LogP contribution in [0.3, 0.4) is 0 Å². The molecule has 3 N–H and O–H groups in total. The van der Waals surface area contributed by atoms with Crippen LogP contribution in [0, 0.1) is 6.92 Å². The molecule has 0 heterocycles. The first kappa shape index (κ1) is 19.4. The van der Waals surface area contributed by atoms with Crippen molar-refractivity contribution in [1.82, 2.24) is 10.1 Å². The first-order valence-electron chi connectivity index (χ1n) is 7.57. The molecule has 9 heteroatoms. The number of benzene rings is 2. The van der Waals surface area contributed by atoms with Gasteiger partial charge < -0.3 is 9.84 Å². The molecule has 0 radical (unpaired) electrons.